The third kappa shape index (κ3) is 7.27. The van der Waals surface area contributed by atoms with E-state index >= 15 is 0 Å². The molecular weight excluding hydrogens is 544 g/mol. The van der Waals surface area contributed by atoms with Gasteiger partial charge in [0.1, 0.15) is 30.3 Å². The topological polar surface area (TPSA) is 92.6 Å². The monoisotopic (exact) mass is 584 g/mol. The molecular formula is C35H40N2O6. The summed E-state index contributed by atoms with van der Waals surface area (Å²) in [6.45, 7) is 11.0. The number of nitrogens with zero attached hydrogens (tertiary/aromatic N) is 1. The van der Waals surface area contributed by atoms with Gasteiger partial charge < -0.3 is 29.1 Å². The number of ether oxygens (including phenoxy) is 3. The quantitative estimate of drug-likeness (QED) is 0.211. The third-order valence-electron chi connectivity index (χ3n) is 7.84. The van der Waals surface area contributed by atoms with E-state index in [9.17, 15) is 14.7 Å². The number of hydrogen-bond acceptors (Lipinski definition) is 6. The molecule has 0 saturated carbocycles. The van der Waals surface area contributed by atoms with Crippen LogP contribution in [0.4, 0.5) is 0 Å². The van der Waals surface area contributed by atoms with Gasteiger partial charge in [0.05, 0.1) is 32.4 Å². The highest BCUT2D eigenvalue weighted by atomic mass is 16.5. The molecule has 1 atom stereocenters. The Hall–Kier alpha value is -4.14. The summed E-state index contributed by atoms with van der Waals surface area (Å²) in [5.74, 6) is 0.416. The van der Waals surface area contributed by atoms with Crippen LogP contribution in [0.15, 0.2) is 78.4 Å². The van der Waals surface area contributed by atoms with Crippen molar-refractivity contribution in [3.63, 3.8) is 0 Å². The number of likely N-dealkylation sites (tertiary alicyclic amines) is 1. The first-order valence-corrected chi connectivity index (χ1v) is 15.1. The lowest BCUT2D eigenvalue weighted by molar-refractivity contribution is -0.908. The molecule has 2 saturated heterocycles. The number of aryl methyl sites for hydroxylation is 1. The van der Waals surface area contributed by atoms with Crippen LogP contribution >= 0.6 is 0 Å². The van der Waals surface area contributed by atoms with E-state index in [0.717, 1.165) is 32.8 Å². The maximum Gasteiger partial charge on any atom is 0.295 e. The standard InChI is InChI=1S/C35H40N2O6/c1-24(2)23-42-28-13-14-30(25(3)21-28)33(38)31-32(26-9-7-12-29(22-26)43-27-10-5-4-6-11-27)37(35(40)34(31)39)16-8-15-36-17-19-41-20-18-36/h4-7,9-14,21-22,24,32,38H,8,15-20,23H2,1-3H3. The second-order valence-corrected chi connectivity index (χ2v) is 11.6. The Labute approximate surface area is 253 Å². The van der Waals surface area contributed by atoms with Crippen molar-refractivity contribution < 1.29 is 33.8 Å². The fourth-order valence-corrected chi connectivity index (χ4v) is 5.62. The fraction of sp³-hybridized carbons (Fsp3) is 0.371. The van der Waals surface area contributed by atoms with Crippen LogP contribution < -0.4 is 19.5 Å². The summed E-state index contributed by atoms with van der Waals surface area (Å²) >= 11 is 0. The van der Waals surface area contributed by atoms with Crippen molar-refractivity contribution in [3.05, 3.63) is 95.1 Å². The van der Waals surface area contributed by atoms with Crippen LogP contribution in [0.25, 0.3) is 5.76 Å². The average molecular weight is 585 g/mol. The summed E-state index contributed by atoms with van der Waals surface area (Å²) in [5, 5.41) is 14.1. The zero-order valence-corrected chi connectivity index (χ0v) is 25.1. The number of morpholine rings is 1. The largest absolute Gasteiger partial charge is 0.872 e. The number of hydrogen-bond donors (Lipinski definition) is 1. The van der Waals surface area contributed by atoms with Gasteiger partial charge in [0.15, 0.2) is 0 Å². The number of para-hydroxylation sites is 1. The Morgan fingerprint density at radius 1 is 0.977 bits per heavy atom. The highest BCUT2D eigenvalue weighted by molar-refractivity contribution is 6.46. The number of carbonyl (C=O) groups is 2. The van der Waals surface area contributed by atoms with Crippen molar-refractivity contribution in [3.8, 4) is 17.2 Å². The molecule has 3 aromatic carbocycles. The maximum absolute atomic E-state index is 14.1. The summed E-state index contributed by atoms with van der Waals surface area (Å²) < 4.78 is 17.4. The normalized spacial score (nSPS) is 18.8. The van der Waals surface area contributed by atoms with Crippen molar-refractivity contribution in [2.45, 2.75) is 33.2 Å². The number of benzene rings is 3. The lowest BCUT2D eigenvalue weighted by atomic mass is 9.93. The van der Waals surface area contributed by atoms with Gasteiger partial charge in [0.25, 0.3) is 5.91 Å². The molecule has 2 fully saturated rings. The lowest BCUT2D eigenvalue weighted by Crippen LogP contribution is -3.14. The molecule has 8 heteroatoms. The number of nitrogens with one attached hydrogen (secondary N) is 1. The van der Waals surface area contributed by atoms with Gasteiger partial charge in [-0.25, -0.2) is 0 Å². The van der Waals surface area contributed by atoms with Gasteiger partial charge in [-0.1, -0.05) is 56.0 Å². The Kier molecular flexibility index (Phi) is 9.79. The molecule has 1 amide bonds. The van der Waals surface area contributed by atoms with E-state index in [0.29, 0.717) is 59.4 Å². The molecule has 0 spiro atoms. The van der Waals surface area contributed by atoms with Gasteiger partial charge in [0, 0.05) is 18.5 Å². The van der Waals surface area contributed by atoms with E-state index in [-0.39, 0.29) is 5.57 Å². The number of quaternary nitrogens is 1. The lowest BCUT2D eigenvalue weighted by Gasteiger charge is -2.29. The van der Waals surface area contributed by atoms with E-state index in [2.05, 4.69) is 13.8 Å². The van der Waals surface area contributed by atoms with Crippen molar-refractivity contribution in [1.82, 2.24) is 4.90 Å². The minimum atomic E-state index is -0.817. The third-order valence-corrected chi connectivity index (χ3v) is 7.84. The fourth-order valence-electron chi connectivity index (χ4n) is 5.62. The second kappa shape index (κ2) is 13.9. The number of ketones is 1. The van der Waals surface area contributed by atoms with Crippen LogP contribution in [-0.4, -0.2) is 62.6 Å². The van der Waals surface area contributed by atoms with Gasteiger partial charge in [-0.2, -0.15) is 0 Å². The number of rotatable bonds is 11. The van der Waals surface area contributed by atoms with E-state index in [1.165, 1.54) is 4.90 Å². The molecule has 226 valence electrons. The van der Waals surface area contributed by atoms with Crippen molar-refractivity contribution >= 4 is 17.4 Å². The van der Waals surface area contributed by atoms with E-state index in [1.54, 1.807) is 17.0 Å². The summed E-state index contributed by atoms with van der Waals surface area (Å²) in [7, 11) is 0. The van der Waals surface area contributed by atoms with E-state index in [1.807, 2.05) is 67.6 Å². The zero-order chi connectivity index (χ0) is 30.3. The molecule has 5 rings (SSSR count). The van der Waals surface area contributed by atoms with Gasteiger partial charge in [-0.15, -0.1) is 0 Å². The molecule has 8 nitrogen and oxygen atoms in total. The molecule has 43 heavy (non-hydrogen) atoms. The van der Waals surface area contributed by atoms with Crippen LogP contribution in [0.5, 0.6) is 17.2 Å². The van der Waals surface area contributed by atoms with Crippen LogP contribution in [0.3, 0.4) is 0 Å². The maximum atomic E-state index is 14.1. The first kappa shape index (κ1) is 30.3. The van der Waals surface area contributed by atoms with Crippen LogP contribution in [0.1, 0.15) is 43.0 Å². The molecule has 3 aromatic rings. The average Bonchev–Trinajstić information content (AvgIpc) is 3.26. The smallest absolute Gasteiger partial charge is 0.295 e. The van der Waals surface area contributed by atoms with Gasteiger partial charge >= 0.3 is 0 Å². The van der Waals surface area contributed by atoms with Gasteiger partial charge in [0.2, 0.25) is 5.78 Å². The molecule has 1 unspecified atom stereocenters. The van der Waals surface area contributed by atoms with Crippen molar-refractivity contribution in [2.24, 2.45) is 5.92 Å². The Morgan fingerprint density at radius 2 is 1.72 bits per heavy atom. The van der Waals surface area contributed by atoms with Crippen LogP contribution in [0, 0.1) is 12.8 Å². The minimum Gasteiger partial charge on any atom is -0.872 e. The first-order valence-electron chi connectivity index (χ1n) is 15.1. The number of carbonyl (C=O) groups excluding carboxylic acids is 2. The van der Waals surface area contributed by atoms with Crippen LogP contribution in [-0.2, 0) is 14.3 Å². The summed E-state index contributed by atoms with van der Waals surface area (Å²) in [6.07, 6.45) is 0.702. The Balaban J connectivity index is 1.49. The van der Waals surface area contributed by atoms with Gasteiger partial charge in [-0.3, -0.25) is 9.59 Å². The van der Waals surface area contributed by atoms with E-state index in [4.69, 9.17) is 14.2 Å². The molecule has 0 aliphatic carbocycles. The second-order valence-electron chi connectivity index (χ2n) is 11.6. The van der Waals surface area contributed by atoms with E-state index < -0.39 is 23.5 Å². The molecule has 2 aliphatic heterocycles. The molecule has 0 bridgehead atoms. The van der Waals surface area contributed by atoms with Crippen molar-refractivity contribution in [2.75, 3.05) is 46.0 Å². The highest BCUT2D eigenvalue weighted by Gasteiger charge is 2.44. The zero-order valence-electron chi connectivity index (χ0n) is 25.1. The summed E-state index contributed by atoms with van der Waals surface area (Å²) in [4.78, 5) is 30.1. The highest BCUT2D eigenvalue weighted by Crippen LogP contribution is 2.40. The molecule has 2 heterocycles. The summed E-state index contributed by atoms with van der Waals surface area (Å²) in [5.41, 5.74) is 1.70. The Morgan fingerprint density at radius 3 is 2.44 bits per heavy atom. The SMILES string of the molecule is Cc1cc(OCC(C)C)ccc1C([O-])=C1C(=O)C(=O)N(CCC[NH+]2CCOCC2)C1c1cccc(Oc2ccccc2)c1. The van der Waals surface area contributed by atoms with Crippen LogP contribution in [0.2, 0.25) is 0 Å². The molecule has 1 N–H and O–H groups in total. The minimum absolute atomic E-state index is 0.0282. The Bertz CT molecular complexity index is 1460. The summed E-state index contributed by atoms with van der Waals surface area (Å²) in [6, 6.07) is 21.1. The number of amides is 1. The predicted octanol–water partition coefficient (Wildman–Crippen LogP) is 3.35. The van der Waals surface area contributed by atoms with Gasteiger partial charge in [-0.05, 0) is 65.9 Å². The molecule has 2 aliphatic rings. The molecule has 0 aromatic heterocycles. The first-order chi connectivity index (χ1) is 20.8. The van der Waals surface area contributed by atoms with Crippen molar-refractivity contribution in [1.29, 1.82) is 0 Å². The number of Topliss-reactive ketones (excluding diaryl/α,β-unsaturated/α-hetero) is 1. The predicted molar refractivity (Wildman–Crippen MR) is 162 cm³/mol. The molecule has 0 radical (unpaired) electrons.